The maximum absolute atomic E-state index is 11.8. The van der Waals surface area contributed by atoms with Crippen LogP contribution in [0.4, 0.5) is 0 Å². The van der Waals surface area contributed by atoms with Gasteiger partial charge in [0.25, 0.3) is 5.56 Å². The molecule has 5 nitrogen and oxygen atoms in total. The van der Waals surface area contributed by atoms with E-state index in [0.29, 0.717) is 16.5 Å². The Morgan fingerprint density at radius 2 is 2.15 bits per heavy atom. The van der Waals surface area contributed by atoms with Crippen LogP contribution >= 0.6 is 22.7 Å². The zero-order valence-corrected chi connectivity index (χ0v) is 12.5. The van der Waals surface area contributed by atoms with Crippen LogP contribution in [0, 0.1) is 6.92 Å². The predicted octanol–water partition coefficient (Wildman–Crippen LogP) is 2.94. The molecular weight excluding hydrogens is 294 g/mol. The maximum atomic E-state index is 11.8. The summed E-state index contributed by atoms with van der Waals surface area (Å²) in [5.41, 5.74) is 1.35. The molecule has 0 aliphatic carbocycles. The number of thiazole rings is 1. The van der Waals surface area contributed by atoms with E-state index in [1.54, 1.807) is 7.11 Å². The fourth-order valence-corrected chi connectivity index (χ4v) is 3.24. The Morgan fingerprint density at radius 3 is 2.80 bits per heavy atom. The summed E-state index contributed by atoms with van der Waals surface area (Å²) in [4.78, 5) is 24.2. The van der Waals surface area contributed by atoms with Crippen molar-refractivity contribution < 1.29 is 4.74 Å². The summed E-state index contributed by atoms with van der Waals surface area (Å²) >= 11 is 2.91. The number of rotatable bonds is 3. The lowest BCUT2D eigenvalue weighted by Crippen LogP contribution is -2.08. The molecule has 0 spiro atoms. The Balaban J connectivity index is 2.08. The summed E-state index contributed by atoms with van der Waals surface area (Å²) in [6, 6.07) is 5.23. The SMILES string of the molecule is COc1ccc(-c2cc(=O)[nH]c(-c3nc(C)cs3)n2)s1. The first-order valence-electron chi connectivity index (χ1n) is 5.84. The number of H-pyrrole nitrogens is 1. The standard InChI is InChI=1S/C13H11N3O2S2/c1-7-6-19-13(14-7)12-15-8(5-10(17)16-12)9-3-4-11(18-2)20-9/h3-6H,1-2H3,(H,15,16,17). The van der Waals surface area contributed by atoms with Gasteiger partial charge in [-0.3, -0.25) is 4.79 Å². The van der Waals surface area contributed by atoms with E-state index in [-0.39, 0.29) is 5.56 Å². The normalized spacial score (nSPS) is 10.7. The van der Waals surface area contributed by atoms with Crippen molar-refractivity contribution in [1.82, 2.24) is 15.0 Å². The van der Waals surface area contributed by atoms with Crippen molar-refractivity contribution in [2.45, 2.75) is 6.92 Å². The Labute approximate surface area is 122 Å². The molecule has 0 unspecified atom stereocenters. The number of methoxy groups -OCH3 is 1. The van der Waals surface area contributed by atoms with Gasteiger partial charge in [0.15, 0.2) is 15.9 Å². The Kier molecular flexibility index (Phi) is 3.37. The summed E-state index contributed by atoms with van der Waals surface area (Å²) in [5.74, 6) is 0.498. The lowest BCUT2D eigenvalue weighted by molar-refractivity contribution is 0.427. The molecule has 0 saturated carbocycles. The van der Waals surface area contributed by atoms with Gasteiger partial charge in [-0.25, -0.2) is 9.97 Å². The van der Waals surface area contributed by atoms with Gasteiger partial charge in [-0.2, -0.15) is 0 Å². The van der Waals surface area contributed by atoms with Gasteiger partial charge in [-0.05, 0) is 19.1 Å². The van der Waals surface area contributed by atoms with E-state index in [1.165, 1.54) is 28.7 Å². The van der Waals surface area contributed by atoms with Crippen LogP contribution < -0.4 is 10.3 Å². The van der Waals surface area contributed by atoms with Gasteiger partial charge in [-0.15, -0.1) is 11.3 Å². The molecule has 1 N–H and O–H groups in total. The second-order valence-corrected chi connectivity index (χ2v) is 6.00. The third kappa shape index (κ3) is 2.50. The van der Waals surface area contributed by atoms with Gasteiger partial charge < -0.3 is 9.72 Å². The molecule has 3 rings (SSSR count). The van der Waals surface area contributed by atoms with E-state index in [0.717, 1.165) is 15.6 Å². The Bertz CT molecular complexity index is 804. The van der Waals surface area contributed by atoms with Crippen LogP contribution in [0.15, 0.2) is 28.4 Å². The van der Waals surface area contributed by atoms with Gasteiger partial charge in [0.1, 0.15) is 0 Å². The van der Waals surface area contributed by atoms with Gasteiger partial charge in [0.2, 0.25) is 0 Å². The van der Waals surface area contributed by atoms with Crippen LogP contribution in [-0.4, -0.2) is 22.1 Å². The number of thiophene rings is 1. The van der Waals surface area contributed by atoms with Crippen molar-refractivity contribution in [1.29, 1.82) is 0 Å². The fraction of sp³-hybridized carbons (Fsp3) is 0.154. The number of aromatic amines is 1. The zero-order chi connectivity index (χ0) is 14.1. The molecule has 3 aromatic rings. The van der Waals surface area contributed by atoms with Crippen molar-refractivity contribution in [2.75, 3.05) is 7.11 Å². The maximum Gasteiger partial charge on any atom is 0.251 e. The average Bonchev–Trinajstić information content (AvgIpc) is 3.06. The number of nitrogens with one attached hydrogen (secondary N) is 1. The van der Waals surface area contributed by atoms with E-state index < -0.39 is 0 Å². The number of aromatic nitrogens is 3. The third-order valence-electron chi connectivity index (χ3n) is 2.60. The number of aryl methyl sites for hydroxylation is 1. The summed E-state index contributed by atoms with van der Waals surface area (Å²) in [5, 5.41) is 3.43. The Hall–Kier alpha value is -1.99. The largest absolute Gasteiger partial charge is 0.487 e. The van der Waals surface area contributed by atoms with Gasteiger partial charge in [0, 0.05) is 17.1 Å². The molecule has 0 bridgehead atoms. The topological polar surface area (TPSA) is 67.9 Å². The molecule has 102 valence electrons. The van der Waals surface area contributed by atoms with Crippen LogP contribution in [0.1, 0.15) is 5.69 Å². The highest BCUT2D eigenvalue weighted by molar-refractivity contribution is 7.17. The molecule has 0 aliphatic rings. The molecule has 0 radical (unpaired) electrons. The second-order valence-electron chi connectivity index (χ2n) is 4.10. The van der Waals surface area contributed by atoms with E-state index in [9.17, 15) is 4.79 Å². The molecule has 7 heteroatoms. The summed E-state index contributed by atoms with van der Waals surface area (Å²) in [7, 11) is 1.62. The smallest absolute Gasteiger partial charge is 0.251 e. The molecule has 20 heavy (non-hydrogen) atoms. The van der Waals surface area contributed by atoms with Gasteiger partial charge in [-0.1, -0.05) is 11.3 Å². The van der Waals surface area contributed by atoms with E-state index in [2.05, 4.69) is 15.0 Å². The molecule has 0 aromatic carbocycles. The van der Waals surface area contributed by atoms with Crippen LogP contribution in [0.3, 0.4) is 0 Å². The number of ether oxygens (including phenoxy) is 1. The van der Waals surface area contributed by atoms with Crippen molar-refractivity contribution in [3.63, 3.8) is 0 Å². The van der Waals surface area contributed by atoms with Crippen LogP contribution in [0.2, 0.25) is 0 Å². The molecule has 0 atom stereocenters. The quantitative estimate of drug-likeness (QED) is 0.808. The first kappa shape index (κ1) is 13.0. The van der Waals surface area contributed by atoms with Crippen molar-refractivity contribution >= 4 is 22.7 Å². The van der Waals surface area contributed by atoms with Crippen molar-refractivity contribution in [3.8, 4) is 26.5 Å². The monoisotopic (exact) mass is 305 g/mol. The second kappa shape index (κ2) is 5.18. The van der Waals surface area contributed by atoms with E-state index >= 15 is 0 Å². The molecular formula is C13H11N3O2S2. The molecule has 3 heterocycles. The minimum atomic E-state index is -0.190. The number of hydrogen-bond donors (Lipinski definition) is 1. The third-order valence-corrected chi connectivity index (χ3v) is 4.63. The summed E-state index contributed by atoms with van der Waals surface area (Å²) < 4.78 is 5.16. The number of nitrogens with zero attached hydrogens (tertiary/aromatic N) is 2. The van der Waals surface area contributed by atoms with Crippen molar-refractivity contribution in [2.24, 2.45) is 0 Å². The molecule has 0 amide bonds. The molecule has 0 fully saturated rings. The van der Waals surface area contributed by atoms with Crippen molar-refractivity contribution in [3.05, 3.63) is 39.6 Å². The highest BCUT2D eigenvalue weighted by atomic mass is 32.1. The first-order chi connectivity index (χ1) is 9.65. The van der Waals surface area contributed by atoms with Gasteiger partial charge in [0.05, 0.1) is 17.7 Å². The van der Waals surface area contributed by atoms with Crippen LogP contribution in [0.5, 0.6) is 5.06 Å². The van der Waals surface area contributed by atoms with Crippen LogP contribution in [0.25, 0.3) is 21.4 Å². The highest BCUT2D eigenvalue weighted by Crippen LogP contribution is 2.31. The summed E-state index contributed by atoms with van der Waals surface area (Å²) in [6.45, 7) is 1.91. The summed E-state index contributed by atoms with van der Waals surface area (Å²) in [6.07, 6.45) is 0. The number of hydrogen-bond acceptors (Lipinski definition) is 6. The van der Waals surface area contributed by atoms with E-state index in [4.69, 9.17) is 4.74 Å². The fourth-order valence-electron chi connectivity index (χ4n) is 1.72. The zero-order valence-electron chi connectivity index (χ0n) is 10.8. The molecule has 3 aromatic heterocycles. The minimum absolute atomic E-state index is 0.190. The minimum Gasteiger partial charge on any atom is -0.487 e. The molecule has 0 aliphatic heterocycles. The van der Waals surface area contributed by atoms with E-state index in [1.807, 2.05) is 24.4 Å². The first-order valence-corrected chi connectivity index (χ1v) is 7.53. The highest BCUT2D eigenvalue weighted by Gasteiger charge is 2.10. The lowest BCUT2D eigenvalue weighted by atomic mass is 10.3. The Morgan fingerprint density at radius 1 is 1.30 bits per heavy atom. The lowest BCUT2D eigenvalue weighted by Gasteiger charge is -2.00. The molecule has 0 saturated heterocycles. The average molecular weight is 305 g/mol. The predicted molar refractivity (Wildman–Crippen MR) is 80.6 cm³/mol. The van der Waals surface area contributed by atoms with Crippen LogP contribution in [-0.2, 0) is 0 Å². The van der Waals surface area contributed by atoms with Gasteiger partial charge >= 0.3 is 0 Å².